The maximum Gasteiger partial charge on any atom is 0.159 e. The van der Waals surface area contributed by atoms with Crippen molar-refractivity contribution < 1.29 is 4.74 Å². The molecule has 3 saturated heterocycles. The monoisotopic (exact) mass is 328 g/mol. The second kappa shape index (κ2) is 5.60. The standard InChI is InChI=1S/C17H24N6O/c1-11-7-18-4-5-22(11)15-6-16(20-17-14(15)8-19-21-17)23-12-2-3-13(23)10-24-9-12/h6,8,11-13,18H,2-5,7,9-10H2,1H3,(H,19,20,21)/t11-,12?,13?/m1/s1. The van der Waals surface area contributed by atoms with Crippen molar-refractivity contribution in [3.05, 3.63) is 12.3 Å². The maximum absolute atomic E-state index is 5.74. The van der Waals surface area contributed by atoms with Crippen LogP contribution in [0.15, 0.2) is 12.3 Å². The molecule has 0 radical (unpaired) electrons. The van der Waals surface area contributed by atoms with E-state index in [1.165, 1.54) is 18.5 Å². The number of ether oxygens (including phenoxy) is 1. The first-order valence-corrected chi connectivity index (χ1v) is 8.99. The van der Waals surface area contributed by atoms with E-state index in [1.807, 2.05) is 6.20 Å². The highest BCUT2D eigenvalue weighted by Crippen LogP contribution is 2.37. The Balaban J connectivity index is 1.60. The topological polar surface area (TPSA) is 69.3 Å². The molecule has 2 bridgehead atoms. The number of pyridine rings is 1. The summed E-state index contributed by atoms with van der Waals surface area (Å²) in [5.41, 5.74) is 2.14. The van der Waals surface area contributed by atoms with Gasteiger partial charge in [0.15, 0.2) is 5.65 Å². The number of morpholine rings is 1. The van der Waals surface area contributed by atoms with Crippen LogP contribution < -0.4 is 15.1 Å². The lowest BCUT2D eigenvalue weighted by atomic mass is 10.1. The third-order valence-corrected chi connectivity index (χ3v) is 5.70. The Morgan fingerprint density at radius 2 is 2.08 bits per heavy atom. The molecular weight excluding hydrogens is 304 g/mol. The third-order valence-electron chi connectivity index (χ3n) is 5.70. The average molecular weight is 328 g/mol. The molecule has 0 saturated carbocycles. The van der Waals surface area contributed by atoms with Crippen molar-refractivity contribution >= 4 is 22.5 Å². The normalized spacial score (nSPS) is 30.3. The molecule has 0 spiro atoms. The fraction of sp³-hybridized carbons (Fsp3) is 0.647. The Kier molecular flexibility index (Phi) is 3.38. The predicted molar refractivity (Wildman–Crippen MR) is 93.7 cm³/mol. The van der Waals surface area contributed by atoms with E-state index in [9.17, 15) is 0 Å². The number of hydrogen-bond donors (Lipinski definition) is 2. The van der Waals surface area contributed by atoms with E-state index in [4.69, 9.17) is 9.72 Å². The smallest absolute Gasteiger partial charge is 0.159 e. The molecule has 0 amide bonds. The molecule has 2 N–H and O–H groups in total. The lowest BCUT2D eigenvalue weighted by molar-refractivity contribution is 0.0902. The Morgan fingerprint density at radius 3 is 2.88 bits per heavy atom. The number of nitrogens with zero attached hydrogens (tertiary/aromatic N) is 4. The number of hydrogen-bond acceptors (Lipinski definition) is 6. The molecule has 3 fully saturated rings. The molecule has 5 heterocycles. The van der Waals surface area contributed by atoms with E-state index in [0.29, 0.717) is 18.1 Å². The van der Waals surface area contributed by atoms with E-state index in [0.717, 1.165) is 49.7 Å². The number of fused-ring (bicyclic) bond motifs is 3. The van der Waals surface area contributed by atoms with Gasteiger partial charge in [0, 0.05) is 31.7 Å². The number of rotatable bonds is 2. The van der Waals surface area contributed by atoms with Gasteiger partial charge in [0.1, 0.15) is 5.82 Å². The van der Waals surface area contributed by atoms with E-state index < -0.39 is 0 Å². The van der Waals surface area contributed by atoms with Crippen molar-refractivity contribution in [3.8, 4) is 0 Å². The van der Waals surface area contributed by atoms with Crippen LogP contribution in [0, 0.1) is 0 Å². The number of nitrogens with one attached hydrogen (secondary N) is 2. The van der Waals surface area contributed by atoms with Gasteiger partial charge in [0.05, 0.1) is 42.6 Å². The Labute approximate surface area is 141 Å². The molecule has 24 heavy (non-hydrogen) atoms. The van der Waals surface area contributed by atoms with Crippen LogP contribution in [-0.4, -0.2) is 66.2 Å². The van der Waals surface area contributed by atoms with Crippen LogP contribution in [-0.2, 0) is 4.74 Å². The number of anilines is 2. The summed E-state index contributed by atoms with van der Waals surface area (Å²) in [5, 5.41) is 11.9. The summed E-state index contributed by atoms with van der Waals surface area (Å²) in [6.45, 7) is 6.96. The number of H-pyrrole nitrogens is 1. The molecule has 2 aromatic heterocycles. The van der Waals surface area contributed by atoms with E-state index in [-0.39, 0.29) is 0 Å². The van der Waals surface area contributed by atoms with Gasteiger partial charge in [-0.15, -0.1) is 0 Å². The average Bonchev–Trinajstić information content (AvgIpc) is 3.16. The minimum absolute atomic E-state index is 0.463. The van der Waals surface area contributed by atoms with Gasteiger partial charge in [0.2, 0.25) is 0 Å². The predicted octanol–water partition coefficient (Wildman–Crippen LogP) is 1.12. The van der Waals surface area contributed by atoms with Gasteiger partial charge in [-0.3, -0.25) is 5.10 Å². The molecule has 7 nitrogen and oxygen atoms in total. The Hall–Kier alpha value is -1.86. The molecule has 0 aromatic carbocycles. The van der Waals surface area contributed by atoms with Crippen molar-refractivity contribution in [2.75, 3.05) is 42.6 Å². The Morgan fingerprint density at radius 1 is 1.25 bits per heavy atom. The second-order valence-corrected chi connectivity index (χ2v) is 7.21. The summed E-state index contributed by atoms with van der Waals surface area (Å²) < 4.78 is 5.74. The molecular formula is C17H24N6O. The van der Waals surface area contributed by atoms with Crippen LogP contribution >= 0.6 is 0 Å². The molecule has 3 aliphatic rings. The van der Waals surface area contributed by atoms with Gasteiger partial charge >= 0.3 is 0 Å². The molecule has 3 aliphatic heterocycles. The van der Waals surface area contributed by atoms with Crippen LogP contribution in [0.25, 0.3) is 11.0 Å². The zero-order valence-electron chi connectivity index (χ0n) is 14.0. The van der Waals surface area contributed by atoms with Gasteiger partial charge in [-0.25, -0.2) is 4.98 Å². The first kappa shape index (κ1) is 14.5. The van der Waals surface area contributed by atoms with Crippen molar-refractivity contribution in [2.45, 2.75) is 37.9 Å². The van der Waals surface area contributed by atoms with Gasteiger partial charge in [-0.05, 0) is 19.8 Å². The summed E-state index contributed by atoms with van der Waals surface area (Å²) in [6, 6.07) is 3.67. The first-order valence-electron chi connectivity index (χ1n) is 8.99. The largest absolute Gasteiger partial charge is 0.377 e. The summed E-state index contributed by atoms with van der Waals surface area (Å²) in [5.74, 6) is 1.07. The van der Waals surface area contributed by atoms with Gasteiger partial charge in [-0.2, -0.15) is 5.10 Å². The minimum atomic E-state index is 0.463. The number of aromatic amines is 1. The van der Waals surface area contributed by atoms with Crippen molar-refractivity contribution in [1.82, 2.24) is 20.5 Å². The highest BCUT2D eigenvalue weighted by molar-refractivity contribution is 5.91. The van der Waals surface area contributed by atoms with Crippen molar-refractivity contribution in [1.29, 1.82) is 0 Å². The molecule has 2 aromatic rings. The van der Waals surface area contributed by atoms with Gasteiger partial charge in [-0.1, -0.05) is 0 Å². The SMILES string of the molecule is C[C@@H]1CNCCN1c1cc(N2C3CCC2COC3)nc2[nH]ncc12. The third kappa shape index (κ3) is 2.18. The molecule has 3 atom stereocenters. The summed E-state index contributed by atoms with van der Waals surface area (Å²) in [4.78, 5) is 9.86. The quantitative estimate of drug-likeness (QED) is 0.861. The first-order chi connectivity index (χ1) is 11.8. The molecule has 128 valence electrons. The summed E-state index contributed by atoms with van der Waals surface area (Å²) in [6.07, 6.45) is 4.31. The van der Waals surface area contributed by atoms with Gasteiger partial charge in [0.25, 0.3) is 0 Å². The van der Waals surface area contributed by atoms with Crippen LogP contribution in [0.2, 0.25) is 0 Å². The maximum atomic E-state index is 5.74. The lowest BCUT2D eigenvalue weighted by Gasteiger charge is -2.38. The van der Waals surface area contributed by atoms with Crippen LogP contribution in [0.3, 0.4) is 0 Å². The van der Waals surface area contributed by atoms with E-state index in [1.54, 1.807) is 0 Å². The fourth-order valence-electron chi connectivity index (χ4n) is 4.47. The Bertz CT molecular complexity index is 730. The molecule has 2 unspecified atom stereocenters. The van der Waals surface area contributed by atoms with Crippen molar-refractivity contribution in [3.63, 3.8) is 0 Å². The second-order valence-electron chi connectivity index (χ2n) is 7.21. The zero-order chi connectivity index (χ0) is 16.1. The van der Waals surface area contributed by atoms with Crippen LogP contribution in [0.5, 0.6) is 0 Å². The van der Waals surface area contributed by atoms with Gasteiger partial charge < -0.3 is 19.9 Å². The number of aromatic nitrogens is 3. The van der Waals surface area contributed by atoms with Crippen LogP contribution in [0.1, 0.15) is 19.8 Å². The summed E-state index contributed by atoms with van der Waals surface area (Å²) >= 11 is 0. The highest BCUT2D eigenvalue weighted by atomic mass is 16.5. The molecule has 7 heteroatoms. The lowest BCUT2D eigenvalue weighted by Crippen LogP contribution is -2.50. The highest BCUT2D eigenvalue weighted by Gasteiger charge is 2.38. The zero-order valence-corrected chi connectivity index (χ0v) is 14.0. The number of piperazine rings is 1. The molecule has 5 rings (SSSR count). The minimum Gasteiger partial charge on any atom is -0.377 e. The molecule has 0 aliphatic carbocycles. The van der Waals surface area contributed by atoms with E-state index >= 15 is 0 Å². The van der Waals surface area contributed by atoms with E-state index in [2.05, 4.69) is 38.3 Å². The summed E-state index contributed by atoms with van der Waals surface area (Å²) in [7, 11) is 0. The van der Waals surface area contributed by atoms with Crippen molar-refractivity contribution in [2.24, 2.45) is 0 Å². The van der Waals surface area contributed by atoms with Crippen LogP contribution in [0.4, 0.5) is 11.5 Å². The fourth-order valence-corrected chi connectivity index (χ4v) is 4.47.